The van der Waals surface area contributed by atoms with Crippen molar-refractivity contribution < 1.29 is 19.1 Å². The number of aryl methyl sites for hydroxylation is 2. The Morgan fingerprint density at radius 2 is 1.64 bits per heavy atom. The monoisotopic (exact) mass is 368 g/mol. The van der Waals surface area contributed by atoms with Crippen LogP contribution in [-0.2, 0) is 9.53 Å². The lowest BCUT2D eigenvalue weighted by Crippen LogP contribution is -2.51. The Kier molecular flexibility index (Phi) is 6.93. The zero-order valence-corrected chi connectivity index (χ0v) is 15.8. The van der Waals surface area contributed by atoms with Crippen molar-refractivity contribution in [2.45, 2.75) is 20.8 Å². The summed E-state index contributed by atoms with van der Waals surface area (Å²) in [6.45, 7) is 8.04. The van der Waals surface area contributed by atoms with Gasteiger partial charge in [-0.25, -0.2) is 4.79 Å². The van der Waals surface area contributed by atoms with Gasteiger partial charge in [0.1, 0.15) is 12.4 Å². The van der Waals surface area contributed by atoms with Crippen LogP contribution in [0.5, 0.6) is 5.75 Å². The Balaban J connectivity index is 1.83. The average Bonchev–Trinajstić information content (AvgIpc) is 2.62. The van der Waals surface area contributed by atoms with E-state index in [-0.39, 0.29) is 31.1 Å². The predicted octanol–water partition coefficient (Wildman–Crippen LogP) is 2.51. The van der Waals surface area contributed by atoms with Gasteiger partial charge in [0.15, 0.2) is 6.61 Å². The second-order valence-corrected chi connectivity index (χ2v) is 6.49. The maximum absolute atomic E-state index is 12.4. The molecule has 0 atom stereocenters. The minimum absolute atomic E-state index is 0.00181. The van der Waals surface area contributed by atoms with E-state index in [1.165, 1.54) is 0 Å². The summed E-state index contributed by atoms with van der Waals surface area (Å²) in [5, 5.41) is 0. The summed E-state index contributed by atoms with van der Waals surface area (Å²) in [7, 11) is 0. The summed E-state index contributed by atoms with van der Waals surface area (Å²) in [6.07, 6.45) is -0.380. The number of halogens is 1. The summed E-state index contributed by atoms with van der Waals surface area (Å²) in [5.74, 6) is 0.977. The summed E-state index contributed by atoms with van der Waals surface area (Å²) in [5.41, 5.74) is 3.21. The van der Waals surface area contributed by atoms with Crippen molar-refractivity contribution in [2.75, 3.05) is 45.3 Å². The maximum Gasteiger partial charge on any atom is 0.409 e. The van der Waals surface area contributed by atoms with Gasteiger partial charge in [0.25, 0.3) is 5.91 Å². The van der Waals surface area contributed by atoms with Crippen LogP contribution >= 0.6 is 11.6 Å². The first kappa shape index (κ1) is 19.4. The van der Waals surface area contributed by atoms with Crippen LogP contribution in [0, 0.1) is 20.8 Å². The molecule has 1 saturated heterocycles. The van der Waals surface area contributed by atoms with Crippen LogP contribution in [0.3, 0.4) is 0 Å². The number of rotatable bonds is 5. The minimum Gasteiger partial charge on any atom is -0.483 e. The van der Waals surface area contributed by atoms with Gasteiger partial charge in [-0.05, 0) is 37.5 Å². The van der Waals surface area contributed by atoms with Gasteiger partial charge in [-0.2, -0.15) is 0 Å². The third kappa shape index (κ3) is 5.01. The lowest BCUT2D eigenvalue weighted by atomic mass is 10.1. The van der Waals surface area contributed by atoms with E-state index < -0.39 is 0 Å². The topological polar surface area (TPSA) is 59.1 Å². The molecule has 1 aliphatic heterocycles. The van der Waals surface area contributed by atoms with Crippen LogP contribution in [0.4, 0.5) is 4.79 Å². The minimum atomic E-state index is -0.380. The van der Waals surface area contributed by atoms with Crippen molar-refractivity contribution >= 4 is 23.6 Å². The van der Waals surface area contributed by atoms with E-state index in [0.717, 1.165) is 22.4 Å². The van der Waals surface area contributed by atoms with E-state index in [1.807, 2.05) is 32.9 Å². The Morgan fingerprint density at radius 1 is 1.04 bits per heavy atom. The van der Waals surface area contributed by atoms with E-state index in [0.29, 0.717) is 26.2 Å². The van der Waals surface area contributed by atoms with Crippen molar-refractivity contribution in [1.29, 1.82) is 0 Å². The lowest BCUT2D eigenvalue weighted by Gasteiger charge is -2.34. The first-order valence-electron chi connectivity index (χ1n) is 8.39. The molecular formula is C18H25ClN2O4. The van der Waals surface area contributed by atoms with Gasteiger partial charge >= 0.3 is 6.09 Å². The Morgan fingerprint density at radius 3 is 2.28 bits per heavy atom. The van der Waals surface area contributed by atoms with Crippen LogP contribution in [0.1, 0.15) is 16.7 Å². The molecule has 0 saturated carbocycles. The van der Waals surface area contributed by atoms with Gasteiger partial charge in [0.05, 0.1) is 5.88 Å². The molecule has 0 radical (unpaired) electrons. The molecule has 7 heteroatoms. The molecule has 138 valence electrons. The molecule has 0 spiro atoms. The number of nitrogens with zero attached hydrogens (tertiary/aromatic N) is 2. The molecule has 0 aromatic heterocycles. The number of hydrogen-bond acceptors (Lipinski definition) is 4. The summed E-state index contributed by atoms with van der Waals surface area (Å²) in [6, 6.07) is 4.04. The van der Waals surface area contributed by atoms with Crippen LogP contribution < -0.4 is 4.74 Å². The zero-order chi connectivity index (χ0) is 18.4. The molecule has 2 amide bonds. The lowest BCUT2D eigenvalue weighted by molar-refractivity contribution is -0.135. The summed E-state index contributed by atoms with van der Waals surface area (Å²) >= 11 is 5.50. The number of piperazine rings is 1. The molecule has 1 aromatic carbocycles. The zero-order valence-electron chi connectivity index (χ0n) is 15.0. The van der Waals surface area contributed by atoms with E-state index in [4.69, 9.17) is 21.1 Å². The van der Waals surface area contributed by atoms with E-state index in [1.54, 1.807) is 9.80 Å². The number of benzene rings is 1. The fraction of sp³-hybridized carbons (Fsp3) is 0.556. The SMILES string of the molecule is Cc1ccc(C)c(OCC(=O)N2CCN(C(=O)OCCCl)CC2)c1C. The predicted molar refractivity (Wildman–Crippen MR) is 96.4 cm³/mol. The largest absolute Gasteiger partial charge is 0.483 e. The Labute approximate surface area is 153 Å². The molecule has 25 heavy (non-hydrogen) atoms. The van der Waals surface area contributed by atoms with Crippen LogP contribution in [0.2, 0.25) is 0 Å². The normalized spacial score (nSPS) is 14.4. The van der Waals surface area contributed by atoms with Gasteiger partial charge < -0.3 is 19.3 Å². The van der Waals surface area contributed by atoms with Gasteiger partial charge in [-0.1, -0.05) is 12.1 Å². The molecule has 1 fully saturated rings. The molecule has 0 unspecified atom stereocenters. The van der Waals surface area contributed by atoms with Gasteiger partial charge in [-0.15, -0.1) is 11.6 Å². The van der Waals surface area contributed by atoms with Crippen molar-refractivity contribution in [3.63, 3.8) is 0 Å². The third-order valence-corrected chi connectivity index (χ3v) is 4.56. The van der Waals surface area contributed by atoms with Crippen molar-refractivity contribution in [1.82, 2.24) is 9.80 Å². The molecule has 0 aliphatic carbocycles. The van der Waals surface area contributed by atoms with E-state index >= 15 is 0 Å². The molecular weight excluding hydrogens is 344 g/mol. The molecule has 0 N–H and O–H groups in total. The number of ether oxygens (including phenoxy) is 2. The highest BCUT2D eigenvalue weighted by atomic mass is 35.5. The molecule has 6 nitrogen and oxygen atoms in total. The quantitative estimate of drug-likeness (QED) is 0.749. The highest BCUT2D eigenvalue weighted by Crippen LogP contribution is 2.25. The molecule has 2 rings (SSSR count). The molecule has 1 heterocycles. The van der Waals surface area contributed by atoms with Gasteiger partial charge in [-0.3, -0.25) is 4.79 Å². The van der Waals surface area contributed by atoms with E-state index in [2.05, 4.69) is 0 Å². The third-order valence-electron chi connectivity index (χ3n) is 4.41. The summed E-state index contributed by atoms with van der Waals surface area (Å²) in [4.78, 5) is 27.4. The Hall–Kier alpha value is -1.95. The number of amides is 2. The number of hydrogen-bond donors (Lipinski definition) is 0. The molecule has 1 aliphatic rings. The fourth-order valence-electron chi connectivity index (χ4n) is 2.73. The molecule has 0 bridgehead atoms. The second-order valence-electron chi connectivity index (χ2n) is 6.11. The second kappa shape index (κ2) is 8.94. The first-order valence-corrected chi connectivity index (χ1v) is 8.92. The van der Waals surface area contributed by atoms with Crippen LogP contribution in [0.15, 0.2) is 12.1 Å². The number of carbonyl (C=O) groups is 2. The van der Waals surface area contributed by atoms with Crippen LogP contribution in [-0.4, -0.2) is 67.1 Å². The van der Waals surface area contributed by atoms with Crippen molar-refractivity contribution in [3.8, 4) is 5.75 Å². The summed E-state index contributed by atoms with van der Waals surface area (Å²) < 4.78 is 10.8. The van der Waals surface area contributed by atoms with Crippen molar-refractivity contribution in [2.24, 2.45) is 0 Å². The number of carbonyl (C=O) groups excluding carboxylic acids is 2. The van der Waals surface area contributed by atoms with Crippen molar-refractivity contribution in [3.05, 3.63) is 28.8 Å². The standard InChI is InChI=1S/C18H25ClN2O4/c1-13-4-5-14(2)17(15(13)3)25-12-16(22)20-7-9-21(10-8-20)18(23)24-11-6-19/h4-5H,6-12H2,1-3H3. The highest BCUT2D eigenvalue weighted by Gasteiger charge is 2.25. The maximum atomic E-state index is 12.4. The molecule has 1 aromatic rings. The number of alkyl halides is 1. The van der Waals surface area contributed by atoms with Gasteiger partial charge in [0, 0.05) is 26.2 Å². The van der Waals surface area contributed by atoms with Crippen LogP contribution in [0.25, 0.3) is 0 Å². The highest BCUT2D eigenvalue weighted by molar-refractivity contribution is 6.18. The van der Waals surface area contributed by atoms with E-state index in [9.17, 15) is 9.59 Å². The van der Waals surface area contributed by atoms with Gasteiger partial charge in [0.2, 0.25) is 0 Å². The fourth-order valence-corrected chi connectivity index (χ4v) is 2.81. The first-order chi connectivity index (χ1) is 11.9. The smallest absolute Gasteiger partial charge is 0.409 e. The average molecular weight is 369 g/mol. The Bertz CT molecular complexity index is 628.